The van der Waals surface area contributed by atoms with Gasteiger partial charge in [0.2, 0.25) is 5.91 Å². The molecule has 1 amide bonds. The van der Waals surface area contributed by atoms with E-state index >= 15 is 0 Å². The Balaban J connectivity index is 2.73. The molecule has 0 aliphatic carbocycles. The molecule has 0 bridgehead atoms. The van der Waals surface area contributed by atoms with E-state index in [1.54, 1.807) is 26.0 Å². The highest BCUT2D eigenvalue weighted by atomic mass is 35.5. The van der Waals surface area contributed by atoms with Crippen molar-refractivity contribution in [3.63, 3.8) is 0 Å². The average molecular weight is 258 g/mol. The van der Waals surface area contributed by atoms with Crippen LogP contribution in [0.5, 0.6) is 0 Å². The number of halogens is 2. The maximum Gasteiger partial charge on any atom is 0.227 e. The lowest BCUT2D eigenvalue weighted by Crippen LogP contribution is -2.39. The van der Waals surface area contributed by atoms with Crippen LogP contribution in [0.25, 0.3) is 0 Å². The Morgan fingerprint density at radius 3 is 2.71 bits per heavy atom. The number of carbonyl (C=O) groups is 1. The van der Waals surface area contributed by atoms with Crippen LogP contribution >= 0.6 is 11.6 Å². The van der Waals surface area contributed by atoms with Gasteiger partial charge in [-0.2, -0.15) is 0 Å². The fourth-order valence-corrected chi connectivity index (χ4v) is 1.43. The highest BCUT2D eigenvalue weighted by molar-refractivity contribution is 6.19. The van der Waals surface area contributed by atoms with Gasteiger partial charge in [0.1, 0.15) is 5.82 Å². The van der Waals surface area contributed by atoms with E-state index in [4.69, 9.17) is 11.6 Å². The number of hydrogen-bond acceptors (Lipinski definition) is 1. The van der Waals surface area contributed by atoms with Gasteiger partial charge < -0.3 is 5.32 Å². The summed E-state index contributed by atoms with van der Waals surface area (Å²) in [5.41, 5.74) is 0.118. The third-order valence-electron chi connectivity index (χ3n) is 2.65. The van der Waals surface area contributed by atoms with E-state index < -0.39 is 5.41 Å². The minimum atomic E-state index is -0.622. The molecule has 1 aromatic carbocycles. The second-order valence-corrected chi connectivity index (χ2v) is 5.03. The lowest BCUT2D eigenvalue weighted by molar-refractivity contribution is -0.129. The van der Waals surface area contributed by atoms with E-state index in [9.17, 15) is 9.18 Å². The Labute approximate surface area is 106 Å². The van der Waals surface area contributed by atoms with Gasteiger partial charge >= 0.3 is 0 Å². The summed E-state index contributed by atoms with van der Waals surface area (Å²) in [6, 6.07) is 5.96. The molecule has 0 aliphatic rings. The molecule has 0 radical (unpaired) electrons. The highest BCUT2D eigenvalue weighted by Crippen LogP contribution is 2.20. The molecule has 1 unspecified atom stereocenters. The molecular formula is C13H17ClFNO. The summed E-state index contributed by atoms with van der Waals surface area (Å²) in [7, 11) is 0. The first-order valence-electron chi connectivity index (χ1n) is 5.49. The van der Waals surface area contributed by atoms with Crippen molar-refractivity contribution in [3.05, 3.63) is 35.6 Å². The topological polar surface area (TPSA) is 29.1 Å². The van der Waals surface area contributed by atoms with Gasteiger partial charge in [-0.1, -0.05) is 12.1 Å². The normalized spacial score (nSPS) is 13.2. The Kier molecular flexibility index (Phi) is 4.52. The van der Waals surface area contributed by atoms with Gasteiger partial charge in [-0.25, -0.2) is 4.39 Å². The number of rotatable bonds is 4. The maximum absolute atomic E-state index is 13.0. The van der Waals surface area contributed by atoms with Crippen LogP contribution in [-0.4, -0.2) is 11.8 Å². The quantitative estimate of drug-likeness (QED) is 0.824. The average Bonchev–Trinajstić information content (AvgIpc) is 2.28. The largest absolute Gasteiger partial charge is 0.349 e. The zero-order valence-corrected chi connectivity index (χ0v) is 11.0. The van der Waals surface area contributed by atoms with Crippen LogP contribution in [0, 0.1) is 11.2 Å². The monoisotopic (exact) mass is 257 g/mol. The van der Waals surface area contributed by atoms with Gasteiger partial charge in [0.25, 0.3) is 0 Å². The van der Waals surface area contributed by atoms with Crippen molar-refractivity contribution in [1.29, 1.82) is 0 Å². The molecule has 0 saturated heterocycles. The molecule has 1 atom stereocenters. The van der Waals surface area contributed by atoms with E-state index in [-0.39, 0.29) is 23.6 Å². The Bertz CT molecular complexity index is 406. The van der Waals surface area contributed by atoms with Gasteiger partial charge in [-0.05, 0) is 38.5 Å². The van der Waals surface area contributed by atoms with Crippen molar-refractivity contribution in [3.8, 4) is 0 Å². The molecule has 0 heterocycles. The number of hydrogen-bond donors (Lipinski definition) is 1. The van der Waals surface area contributed by atoms with Gasteiger partial charge in [-0.15, -0.1) is 11.6 Å². The summed E-state index contributed by atoms with van der Waals surface area (Å²) in [5, 5.41) is 2.82. The van der Waals surface area contributed by atoms with Gasteiger partial charge in [-0.3, -0.25) is 4.79 Å². The number of nitrogens with one attached hydrogen (secondary N) is 1. The number of alkyl halides is 1. The molecule has 1 N–H and O–H groups in total. The lowest BCUT2D eigenvalue weighted by Gasteiger charge is -2.23. The summed E-state index contributed by atoms with van der Waals surface area (Å²) in [6.45, 7) is 5.36. The predicted molar refractivity (Wildman–Crippen MR) is 67.5 cm³/mol. The van der Waals surface area contributed by atoms with Crippen molar-refractivity contribution < 1.29 is 9.18 Å². The Hall–Kier alpha value is -1.09. The van der Waals surface area contributed by atoms with E-state index in [1.807, 2.05) is 6.92 Å². The number of amides is 1. The summed E-state index contributed by atoms with van der Waals surface area (Å²) < 4.78 is 13.0. The molecule has 0 saturated carbocycles. The SMILES string of the molecule is CC(NC(=O)C(C)(C)CCl)c1cccc(F)c1. The first-order valence-corrected chi connectivity index (χ1v) is 6.02. The van der Waals surface area contributed by atoms with Crippen LogP contribution in [-0.2, 0) is 4.79 Å². The fourth-order valence-electron chi connectivity index (χ4n) is 1.31. The van der Waals surface area contributed by atoms with Crippen molar-refractivity contribution >= 4 is 17.5 Å². The van der Waals surface area contributed by atoms with Gasteiger partial charge in [0.15, 0.2) is 0 Å². The summed E-state index contributed by atoms with van der Waals surface area (Å²) in [6.07, 6.45) is 0. The summed E-state index contributed by atoms with van der Waals surface area (Å²) >= 11 is 5.72. The van der Waals surface area contributed by atoms with Crippen LogP contribution in [0.2, 0.25) is 0 Å². The second-order valence-electron chi connectivity index (χ2n) is 4.77. The minimum Gasteiger partial charge on any atom is -0.349 e. The summed E-state index contributed by atoms with van der Waals surface area (Å²) in [4.78, 5) is 11.9. The zero-order chi connectivity index (χ0) is 13.1. The smallest absolute Gasteiger partial charge is 0.227 e. The van der Waals surface area contributed by atoms with E-state index in [1.165, 1.54) is 12.1 Å². The molecule has 0 spiro atoms. The van der Waals surface area contributed by atoms with Crippen LogP contribution in [0.15, 0.2) is 24.3 Å². The van der Waals surface area contributed by atoms with Crippen LogP contribution in [0.1, 0.15) is 32.4 Å². The third-order valence-corrected chi connectivity index (χ3v) is 3.31. The molecule has 4 heteroatoms. The minimum absolute atomic E-state index is 0.135. The molecule has 0 fully saturated rings. The maximum atomic E-state index is 13.0. The predicted octanol–water partition coefficient (Wildman–Crippen LogP) is 3.27. The van der Waals surface area contributed by atoms with Crippen LogP contribution in [0.4, 0.5) is 4.39 Å². The van der Waals surface area contributed by atoms with Crippen molar-refractivity contribution in [1.82, 2.24) is 5.32 Å². The molecule has 1 rings (SSSR count). The molecule has 0 aliphatic heterocycles. The van der Waals surface area contributed by atoms with Crippen LogP contribution < -0.4 is 5.32 Å². The Morgan fingerprint density at radius 1 is 1.53 bits per heavy atom. The Morgan fingerprint density at radius 2 is 2.18 bits per heavy atom. The first kappa shape index (κ1) is 14.0. The second kappa shape index (κ2) is 5.50. The zero-order valence-electron chi connectivity index (χ0n) is 10.3. The van der Waals surface area contributed by atoms with Gasteiger partial charge in [0, 0.05) is 5.88 Å². The first-order chi connectivity index (χ1) is 7.86. The standard InChI is InChI=1S/C13H17ClFNO/c1-9(10-5-4-6-11(15)7-10)16-12(17)13(2,3)8-14/h4-7,9H,8H2,1-3H3,(H,16,17). The lowest BCUT2D eigenvalue weighted by atomic mass is 9.94. The van der Waals surface area contributed by atoms with E-state index in [0.29, 0.717) is 0 Å². The molecule has 94 valence electrons. The number of carbonyl (C=O) groups excluding carboxylic acids is 1. The molecular weight excluding hydrogens is 241 g/mol. The van der Waals surface area contributed by atoms with Gasteiger partial charge in [0.05, 0.1) is 11.5 Å². The van der Waals surface area contributed by atoms with Crippen LogP contribution in [0.3, 0.4) is 0 Å². The molecule has 2 nitrogen and oxygen atoms in total. The molecule has 0 aromatic heterocycles. The molecule has 1 aromatic rings. The third kappa shape index (κ3) is 3.70. The van der Waals surface area contributed by atoms with E-state index in [2.05, 4.69) is 5.32 Å². The fraction of sp³-hybridized carbons (Fsp3) is 0.462. The highest BCUT2D eigenvalue weighted by Gasteiger charge is 2.27. The molecule has 17 heavy (non-hydrogen) atoms. The van der Waals surface area contributed by atoms with E-state index in [0.717, 1.165) is 5.56 Å². The van der Waals surface area contributed by atoms with Crippen molar-refractivity contribution in [2.45, 2.75) is 26.8 Å². The summed E-state index contributed by atoms with van der Waals surface area (Å²) in [5.74, 6) is -0.196. The number of benzene rings is 1. The van der Waals surface area contributed by atoms with Crippen molar-refractivity contribution in [2.24, 2.45) is 5.41 Å². The van der Waals surface area contributed by atoms with Crippen molar-refractivity contribution in [2.75, 3.05) is 5.88 Å².